The minimum absolute atomic E-state index is 0.720. The molecule has 0 aromatic carbocycles. The van der Waals surface area contributed by atoms with Gasteiger partial charge in [0.25, 0.3) is 0 Å². The van der Waals surface area contributed by atoms with E-state index < -0.39 is 0 Å². The van der Waals surface area contributed by atoms with Crippen LogP contribution in [0.3, 0.4) is 0 Å². The molecule has 1 nitrogen and oxygen atoms in total. The van der Waals surface area contributed by atoms with E-state index in [0.29, 0.717) is 0 Å². The summed E-state index contributed by atoms with van der Waals surface area (Å²) in [6, 6.07) is 0.720. The minimum Gasteiger partial charge on any atom is -0.290 e. The van der Waals surface area contributed by atoms with Gasteiger partial charge in [0, 0.05) is 6.04 Å². The van der Waals surface area contributed by atoms with Crippen LogP contribution in [0.25, 0.3) is 0 Å². The molecule has 0 radical (unpaired) electrons. The maximum atomic E-state index is 3.86. The van der Waals surface area contributed by atoms with Crippen LogP contribution in [-0.4, -0.2) is 24.0 Å². The Balaban J connectivity index is 2.33. The summed E-state index contributed by atoms with van der Waals surface area (Å²) in [5.74, 6) is 2.99. The molecule has 0 aliphatic carbocycles. The summed E-state index contributed by atoms with van der Waals surface area (Å²) >= 11 is 3.86. The average Bonchev–Trinajstić information content (AvgIpc) is 2.03. The Labute approximate surface area is 74.6 Å². The van der Waals surface area contributed by atoms with Crippen molar-refractivity contribution in [1.82, 2.24) is 4.90 Å². The first-order chi connectivity index (χ1) is 5.34. The monoisotopic (exact) mass is 169 g/mol. The second kappa shape index (κ2) is 4.69. The van der Waals surface area contributed by atoms with Gasteiger partial charge in [0.2, 0.25) is 0 Å². The fraction of sp³-hybridized carbons (Fsp3) is 0.778. The normalized spacial score (nSPS) is 25.8. The second-order valence-corrected chi connectivity index (χ2v) is 3.33. The first-order valence-corrected chi connectivity index (χ1v) is 4.65. The van der Waals surface area contributed by atoms with Crippen molar-refractivity contribution in [2.75, 3.05) is 13.1 Å². The van der Waals surface area contributed by atoms with Crippen LogP contribution in [0.1, 0.15) is 26.2 Å². The number of likely N-dealkylation sites (tertiary alicyclic amines) is 1. The summed E-state index contributed by atoms with van der Waals surface area (Å²) in [4.78, 5) is 2.42. The third-order valence-corrected chi connectivity index (χ3v) is 2.46. The number of thiol groups is 1. The van der Waals surface area contributed by atoms with E-state index in [0.717, 1.165) is 12.6 Å². The maximum Gasteiger partial charge on any atom is 0.0612 e. The molecule has 1 aliphatic rings. The summed E-state index contributed by atoms with van der Waals surface area (Å²) in [5, 5.41) is 2.64. The Morgan fingerprint density at radius 3 is 3.00 bits per heavy atom. The molecule has 0 aromatic heterocycles. The van der Waals surface area contributed by atoms with E-state index in [1.807, 2.05) is 0 Å². The van der Waals surface area contributed by atoms with Crippen LogP contribution in [0.4, 0.5) is 0 Å². The van der Waals surface area contributed by atoms with E-state index in [1.54, 1.807) is 0 Å². The zero-order valence-electron chi connectivity index (χ0n) is 7.01. The Bertz CT molecular complexity index is 168. The van der Waals surface area contributed by atoms with Gasteiger partial charge in [0.15, 0.2) is 0 Å². The highest BCUT2D eigenvalue weighted by Crippen LogP contribution is 2.15. The standard InChI is InChI=1S/C9H15NS/c1-9-5-2-3-6-10(9)7-4-8-11/h9,11H,2-3,5-7H2,1H3/t9-/m0/s1. The molecule has 1 atom stereocenters. The lowest BCUT2D eigenvalue weighted by Gasteiger charge is -2.31. The average molecular weight is 169 g/mol. The van der Waals surface area contributed by atoms with Gasteiger partial charge in [0.1, 0.15) is 0 Å². The summed E-state index contributed by atoms with van der Waals surface area (Å²) in [5.41, 5.74) is 0. The Morgan fingerprint density at radius 1 is 1.55 bits per heavy atom. The SMILES string of the molecule is C[C@H]1CCCCN1CC#CS. The highest BCUT2D eigenvalue weighted by Gasteiger charge is 2.16. The molecule has 11 heavy (non-hydrogen) atoms. The van der Waals surface area contributed by atoms with E-state index >= 15 is 0 Å². The fourth-order valence-corrected chi connectivity index (χ4v) is 1.60. The van der Waals surface area contributed by atoms with E-state index in [4.69, 9.17) is 0 Å². The smallest absolute Gasteiger partial charge is 0.0612 e. The number of rotatable bonds is 1. The molecule has 1 aliphatic heterocycles. The lowest BCUT2D eigenvalue weighted by molar-refractivity contribution is 0.182. The van der Waals surface area contributed by atoms with Crippen LogP contribution < -0.4 is 0 Å². The van der Waals surface area contributed by atoms with Gasteiger partial charge in [-0.25, -0.2) is 0 Å². The van der Waals surface area contributed by atoms with Crippen molar-refractivity contribution in [2.45, 2.75) is 32.2 Å². The van der Waals surface area contributed by atoms with Crippen LogP contribution in [0, 0.1) is 11.2 Å². The lowest BCUT2D eigenvalue weighted by Crippen LogP contribution is -2.37. The molecule has 0 N–H and O–H groups in total. The van der Waals surface area contributed by atoms with E-state index in [1.165, 1.54) is 25.8 Å². The van der Waals surface area contributed by atoms with Gasteiger partial charge in [-0.3, -0.25) is 4.90 Å². The van der Waals surface area contributed by atoms with Gasteiger partial charge in [-0.15, -0.1) is 0 Å². The zero-order chi connectivity index (χ0) is 8.10. The third-order valence-electron chi connectivity index (χ3n) is 2.30. The van der Waals surface area contributed by atoms with E-state index in [-0.39, 0.29) is 0 Å². The molecule has 0 spiro atoms. The molecule has 0 bridgehead atoms. The Hall–Kier alpha value is -0.130. The highest BCUT2D eigenvalue weighted by atomic mass is 32.1. The molecule has 0 aromatic rings. The van der Waals surface area contributed by atoms with Crippen LogP contribution in [-0.2, 0) is 0 Å². The van der Waals surface area contributed by atoms with Crippen molar-refractivity contribution in [3.63, 3.8) is 0 Å². The van der Waals surface area contributed by atoms with Crippen molar-refractivity contribution < 1.29 is 0 Å². The lowest BCUT2D eigenvalue weighted by atomic mass is 10.0. The zero-order valence-corrected chi connectivity index (χ0v) is 7.90. The maximum absolute atomic E-state index is 3.86. The largest absolute Gasteiger partial charge is 0.290 e. The van der Waals surface area contributed by atoms with Gasteiger partial charge in [-0.05, 0) is 31.6 Å². The van der Waals surface area contributed by atoms with Crippen LogP contribution in [0.2, 0.25) is 0 Å². The molecule has 0 unspecified atom stereocenters. The number of hydrogen-bond acceptors (Lipinski definition) is 2. The fourth-order valence-electron chi connectivity index (χ4n) is 1.53. The Morgan fingerprint density at radius 2 is 2.36 bits per heavy atom. The minimum atomic E-state index is 0.720. The Kier molecular flexibility index (Phi) is 3.82. The molecule has 2 heteroatoms. The van der Waals surface area contributed by atoms with Crippen molar-refractivity contribution in [2.24, 2.45) is 0 Å². The predicted octanol–water partition coefficient (Wildman–Crippen LogP) is 1.75. The summed E-state index contributed by atoms with van der Waals surface area (Å²) < 4.78 is 0. The number of hydrogen-bond donors (Lipinski definition) is 1. The molecule has 62 valence electrons. The van der Waals surface area contributed by atoms with Gasteiger partial charge in [-0.2, -0.15) is 0 Å². The molecular formula is C9H15NS. The highest BCUT2D eigenvalue weighted by molar-refractivity contribution is 7.85. The molecule has 0 saturated carbocycles. The molecule has 1 fully saturated rings. The number of piperidine rings is 1. The molecule has 1 heterocycles. The van der Waals surface area contributed by atoms with Gasteiger partial charge >= 0.3 is 0 Å². The summed E-state index contributed by atoms with van der Waals surface area (Å²) in [6.07, 6.45) is 4.04. The van der Waals surface area contributed by atoms with Gasteiger partial charge in [0.05, 0.1) is 6.54 Å². The first-order valence-electron chi connectivity index (χ1n) is 4.20. The summed E-state index contributed by atoms with van der Waals surface area (Å²) in [7, 11) is 0. The van der Waals surface area contributed by atoms with Crippen molar-refractivity contribution >= 4 is 12.6 Å². The third kappa shape index (κ3) is 2.76. The quantitative estimate of drug-likeness (QED) is 0.462. The van der Waals surface area contributed by atoms with E-state index in [9.17, 15) is 0 Å². The molecular weight excluding hydrogens is 154 g/mol. The van der Waals surface area contributed by atoms with Crippen LogP contribution in [0.5, 0.6) is 0 Å². The predicted molar refractivity (Wildman–Crippen MR) is 51.6 cm³/mol. The van der Waals surface area contributed by atoms with Crippen molar-refractivity contribution in [3.8, 4) is 11.2 Å². The number of nitrogens with zero attached hydrogens (tertiary/aromatic N) is 1. The molecule has 1 rings (SSSR count). The van der Waals surface area contributed by atoms with E-state index in [2.05, 4.69) is 35.6 Å². The van der Waals surface area contributed by atoms with Gasteiger partial charge in [-0.1, -0.05) is 25.0 Å². The first kappa shape index (κ1) is 8.96. The molecule has 1 saturated heterocycles. The van der Waals surface area contributed by atoms with Crippen LogP contribution in [0.15, 0.2) is 0 Å². The van der Waals surface area contributed by atoms with Crippen molar-refractivity contribution in [3.05, 3.63) is 0 Å². The van der Waals surface area contributed by atoms with Gasteiger partial charge < -0.3 is 0 Å². The van der Waals surface area contributed by atoms with Crippen LogP contribution >= 0.6 is 12.6 Å². The summed E-state index contributed by atoms with van der Waals surface area (Å²) in [6.45, 7) is 4.38. The second-order valence-electron chi connectivity index (χ2n) is 3.10. The topological polar surface area (TPSA) is 3.24 Å². The van der Waals surface area contributed by atoms with Crippen molar-refractivity contribution in [1.29, 1.82) is 0 Å². The molecule has 0 amide bonds.